The number of hydrogen-bond acceptors (Lipinski definition) is 3. The van der Waals surface area contributed by atoms with Crippen LogP contribution in [-0.2, 0) is 15.9 Å². The largest absolute Gasteiger partial charge is 0.243 e. The van der Waals surface area contributed by atoms with Crippen molar-refractivity contribution in [1.29, 1.82) is 0 Å². The van der Waals surface area contributed by atoms with Gasteiger partial charge in [-0.3, -0.25) is 0 Å². The predicted molar refractivity (Wildman–Crippen MR) is 75.6 cm³/mol. The molecule has 0 radical (unpaired) electrons. The van der Waals surface area contributed by atoms with E-state index in [0.717, 1.165) is 24.1 Å². The van der Waals surface area contributed by atoms with E-state index >= 15 is 0 Å². The van der Waals surface area contributed by atoms with Crippen molar-refractivity contribution in [2.45, 2.75) is 37.0 Å². The summed E-state index contributed by atoms with van der Waals surface area (Å²) in [5.41, 5.74) is 0. The molecule has 0 aliphatic carbocycles. The number of halogens is 1. The minimum atomic E-state index is -3.31. The zero-order valence-corrected chi connectivity index (χ0v) is 12.8. The molecule has 1 atom stereocenters. The normalized spacial score (nSPS) is 22.9. The fourth-order valence-corrected chi connectivity index (χ4v) is 5.06. The van der Waals surface area contributed by atoms with E-state index in [-0.39, 0.29) is 0 Å². The fraction of sp³-hybridized carbons (Fsp3) is 0.667. The first kappa shape index (κ1) is 14.3. The molecule has 0 saturated carbocycles. The van der Waals surface area contributed by atoms with E-state index in [0.29, 0.717) is 29.8 Å². The van der Waals surface area contributed by atoms with Crippen molar-refractivity contribution >= 4 is 33.0 Å². The topological polar surface area (TPSA) is 37.4 Å². The summed E-state index contributed by atoms with van der Waals surface area (Å²) < 4.78 is 26.6. The van der Waals surface area contributed by atoms with Crippen molar-refractivity contribution in [3.8, 4) is 0 Å². The van der Waals surface area contributed by atoms with Gasteiger partial charge in [0.1, 0.15) is 0 Å². The highest BCUT2D eigenvalue weighted by Gasteiger charge is 2.27. The SMILES string of the molecule is CC1CCCN(S(=O)(=O)c2csc(CCl)c2)CC1. The molecule has 1 aliphatic heterocycles. The van der Waals surface area contributed by atoms with Crippen molar-refractivity contribution in [2.75, 3.05) is 13.1 Å². The maximum Gasteiger partial charge on any atom is 0.243 e. The van der Waals surface area contributed by atoms with Crippen LogP contribution in [0.1, 0.15) is 31.1 Å². The Morgan fingerprint density at radius 3 is 2.89 bits per heavy atom. The lowest BCUT2D eigenvalue weighted by Crippen LogP contribution is -2.31. The van der Waals surface area contributed by atoms with Gasteiger partial charge in [0.25, 0.3) is 0 Å². The van der Waals surface area contributed by atoms with E-state index in [2.05, 4.69) is 6.92 Å². The molecule has 1 fully saturated rings. The minimum Gasteiger partial charge on any atom is -0.207 e. The van der Waals surface area contributed by atoms with E-state index < -0.39 is 10.0 Å². The highest BCUT2D eigenvalue weighted by molar-refractivity contribution is 7.89. The molecule has 6 heteroatoms. The molecule has 2 rings (SSSR count). The van der Waals surface area contributed by atoms with Gasteiger partial charge in [-0.25, -0.2) is 8.42 Å². The Labute approximate surface area is 118 Å². The van der Waals surface area contributed by atoms with Gasteiger partial charge >= 0.3 is 0 Å². The number of nitrogens with zero attached hydrogens (tertiary/aromatic N) is 1. The van der Waals surface area contributed by atoms with Gasteiger partial charge in [0, 0.05) is 23.3 Å². The molecule has 0 spiro atoms. The van der Waals surface area contributed by atoms with E-state index in [1.807, 2.05) is 0 Å². The van der Waals surface area contributed by atoms with Gasteiger partial charge in [0.2, 0.25) is 10.0 Å². The van der Waals surface area contributed by atoms with Crippen LogP contribution >= 0.6 is 22.9 Å². The van der Waals surface area contributed by atoms with Crippen molar-refractivity contribution < 1.29 is 8.42 Å². The lowest BCUT2D eigenvalue weighted by molar-refractivity contribution is 0.417. The second-order valence-electron chi connectivity index (χ2n) is 4.82. The summed E-state index contributed by atoms with van der Waals surface area (Å²) in [6.07, 6.45) is 3.02. The summed E-state index contributed by atoms with van der Waals surface area (Å²) in [5.74, 6) is 0.989. The van der Waals surface area contributed by atoms with Gasteiger partial charge < -0.3 is 0 Å². The van der Waals surface area contributed by atoms with E-state index in [4.69, 9.17) is 11.6 Å². The quantitative estimate of drug-likeness (QED) is 0.804. The van der Waals surface area contributed by atoms with Gasteiger partial charge in [-0.05, 0) is 31.2 Å². The number of rotatable bonds is 3. The Balaban J connectivity index is 2.19. The van der Waals surface area contributed by atoms with Crippen molar-refractivity contribution in [1.82, 2.24) is 4.31 Å². The lowest BCUT2D eigenvalue weighted by Gasteiger charge is -2.19. The highest BCUT2D eigenvalue weighted by atomic mass is 35.5. The van der Waals surface area contributed by atoms with Crippen LogP contribution in [0.5, 0.6) is 0 Å². The molecule has 3 nitrogen and oxygen atoms in total. The zero-order valence-electron chi connectivity index (χ0n) is 10.4. The molecule has 1 aromatic rings. The van der Waals surface area contributed by atoms with Crippen LogP contribution in [0.15, 0.2) is 16.3 Å². The summed E-state index contributed by atoms with van der Waals surface area (Å²) >= 11 is 7.13. The number of alkyl halides is 1. The number of sulfonamides is 1. The third kappa shape index (κ3) is 3.07. The monoisotopic (exact) mass is 307 g/mol. The molecule has 2 heterocycles. The number of hydrogen-bond donors (Lipinski definition) is 0. The molecule has 1 saturated heterocycles. The third-order valence-corrected chi connectivity index (χ3v) is 6.78. The van der Waals surface area contributed by atoms with Gasteiger partial charge in [0.05, 0.1) is 10.8 Å². The Bertz CT molecular complexity index is 498. The standard InChI is InChI=1S/C12H18ClNO2S2/c1-10-3-2-5-14(6-4-10)18(15,16)12-7-11(8-13)17-9-12/h7,9-10H,2-6,8H2,1H3. The molecular formula is C12H18ClNO2S2. The van der Waals surface area contributed by atoms with Gasteiger partial charge in [-0.1, -0.05) is 6.92 Å². The van der Waals surface area contributed by atoms with Crippen molar-refractivity contribution in [3.05, 3.63) is 16.3 Å². The average molecular weight is 308 g/mol. The highest BCUT2D eigenvalue weighted by Crippen LogP contribution is 2.26. The molecule has 102 valence electrons. The van der Waals surface area contributed by atoms with E-state index in [9.17, 15) is 8.42 Å². The van der Waals surface area contributed by atoms with E-state index in [1.54, 1.807) is 15.8 Å². The van der Waals surface area contributed by atoms with Crippen LogP contribution in [0.25, 0.3) is 0 Å². The van der Waals surface area contributed by atoms with Gasteiger partial charge in [0.15, 0.2) is 0 Å². The van der Waals surface area contributed by atoms with Crippen molar-refractivity contribution in [3.63, 3.8) is 0 Å². The van der Waals surface area contributed by atoms with Crippen LogP contribution in [-0.4, -0.2) is 25.8 Å². The Morgan fingerprint density at radius 1 is 1.44 bits per heavy atom. The van der Waals surface area contributed by atoms with Gasteiger partial charge in [-0.2, -0.15) is 4.31 Å². The smallest absolute Gasteiger partial charge is 0.207 e. The Hall–Kier alpha value is -0.100. The zero-order chi connectivity index (χ0) is 13.2. The summed E-state index contributed by atoms with van der Waals surface area (Å²) in [6, 6.07) is 1.70. The summed E-state index contributed by atoms with van der Waals surface area (Å²) in [4.78, 5) is 1.30. The molecule has 0 aromatic carbocycles. The lowest BCUT2D eigenvalue weighted by atomic mass is 10.0. The molecule has 1 aliphatic rings. The Morgan fingerprint density at radius 2 is 2.22 bits per heavy atom. The van der Waals surface area contributed by atoms with E-state index in [1.165, 1.54) is 11.3 Å². The fourth-order valence-electron chi connectivity index (χ4n) is 2.19. The first-order valence-corrected chi connectivity index (χ1v) is 9.03. The summed E-state index contributed by atoms with van der Waals surface area (Å²) in [6.45, 7) is 3.46. The second-order valence-corrected chi connectivity index (χ2v) is 8.02. The predicted octanol–water partition coefficient (Wildman–Crippen LogP) is 3.30. The Kier molecular flexibility index (Phi) is 4.69. The van der Waals surface area contributed by atoms with Crippen LogP contribution in [0, 0.1) is 5.92 Å². The molecule has 1 aromatic heterocycles. The van der Waals surface area contributed by atoms with Gasteiger partial charge in [-0.15, -0.1) is 22.9 Å². The molecule has 18 heavy (non-hydrogen) atoms. The number of thiophene rings is 1. The maximum atomic E-state index is 12.5. The molecule has 1 unspecified atom stereocenters. The third-order valence-electron chi connectivity index (χ3n) is 3.37. The summed E-state index contributed by atoms with van der Waals surface area (Å²) in [7, 11) is -3.31. The van der Waals surface area contributed by atoms with Crippen LogP contribution < -0.4 is 0 Å². The minimum absolute atomic E-state index is 0.372. The summed E-state index contributed by atoms with van der Waals surface area (Å²) in [5, 5.41) is 1.70. The first-order chi connectivity index (χ1) is 8.54. The van der Waals surface area contributed by atoms with Crippen LogP contribution in [0.3, 0.4) is 0 Å². The van der Waals surface area contributed by atoms with Crippen LogP contribution in [0.2, 0.25) is 0 Å². The molecular weight excluding hydrogens is 290 g/mol. The second kappa shape index (κ2) is 5.90. The first-order valence-electron chi connectivity index (χ1n) is 6.17. The van der Waals surface area contributed by atoms with Crippen molar-refractivity contribution in [2.24, 2.45) is 5.92 Å². The average Bonchev–Trinajstić information content (AvgIpc) is 2.72. The van der Waals surface area contributed by atoms with Crippen LogP contribution in [0.4, 0.5) is 0 Å². The maximum absolute atomic E-state index is 12.5. The molecule has 0 N–H and O–H groups in total. The molecule has 0 amide bonds. The molecule has 0 bridgehead atoms.